The highest BCUT2D eigenvalue weighted by atomic mass is 32.1. The quantitative estimate of drug-likeness (QED) is 0.801. The molecule has 1 aromatic heterocycles. The molecule has 144 valence electrons. The highest BCUT2D eigenvalue weighted by Crippen LogP contribution is 2.24. The van der Waals surface area contributed by atoms with Crippen molar-refractivity contribution in [1.82, 2.24) is 10.6 Å². The number of hydrogen-bond donors (Lipinski definition) is 2. The molecule has 27 heavy (non-hydrogen) atoms. The second-order valence-electron chi connectivity index (χ2n) is 7.50. The largest absolute Gasteiger partial charge is 0.375 e. The van der Waals surface area contributed by atoms with Gasteiger partial charge < -0.3 is 15.4 Å². The standard InChI is InChI=1S/C21H26N2O3S/c1-21(2)14-16(10-11-26-21)22-19(24)17(13-15-7-4-3-5-8-15)23-20(25)18-9-6-12-27-18/h3-9,12,16-17H,10-11,13-14H2,1-2H3,(H,22,24)(H,23,25). The maximum atomic E-state index is 13.0. The molecule has 0 spiro atoms. The molecule has 0 bridgehead atoms. The van der Waals surface area contributed by atoms with Gasteiger partial charge in [-0.2, -0.15) is 0 Å². The van der Waals surface area contributed by atoms with E-state index in [-0.39, 0.29) is 23.5 Å². The summed E-state index contributed by atoms with van der Waals surface area (Å²) in [5.41, 5.74) is 0.766. The van der Waals surface area contributed by atoms with Crippen LogP contribution < -0.4 is 10.6 Å². The van der Waals surface area contributed by atoms with Gasteiger partial charge in [0.2, 0.25) is 5.91 Å². The predicted octanol–water partition coefficient (Wildman–Crippen LogP) is 3.16. The Morgan fingerprint density at radius 1 is 1.22 bits per heavy atom. The van der Waals surface area contributed by atoms with E-state index < -0.39 is 6.04 Å². The lowest BCUT2D eigenvalue weighted by atomic mass is 9.93. The molecule has 1 aromatic carbocycles. The zero-order valence-electron chi connectivity index (χ0n) is 15.7. The van der Waals surface area contributed by atoms with Gasteiger partial charge in [-0.15, -0.1) is 11.3 Å². The number of ether oxygens (including phenoxy) is 1. The molecular weight excluding hydrogens is 360 g/mol. The summed E-state index contributed by atoms with van der Waals surface area (Å²) in [6, 6.07) is 12.8. The van der Waals surface area contributed by atoms with E-state index in [4.69, 9.17) is 4.74 Å². The molecule has 2 unspecified atom stereocenters. The summed E-state index contributed by atoms with van der Waals surface area (Å²) in [4.78, 5) is 26.1. The van der Waals surface area contributed by atoms with Crippen molar-refractivity contribution in [2.24, 2.45) is 0 Å². The number of hydrogen-bond acceptors (Lipinski definition) is 4. The molecule has 1 saturated heterocycles. The molecule has 0 aliphatic carbocycles. The molecule has 6 heteroatoms. The molecule has 0 saturated carbocycles. The van der Waals surface area contributed by atoms with Crippen LogP contribution in [-0.4, -0.2) is 36.1 Å². The van der Waals surface area contributed by atoms with E-state index in [2.05, 4.69) is 10.6 Å². The summed E-state index contributed by atoms with van der Waals surface area (Å²) >= 11 is 1.37. The Morgan fingerprint density at radius 3 is 2.67 bits per heavy atom. The molecule has 2 aromatic rings. The lowest BCUT2D eigenvalue weighted by Gasteiger charge is -2.36. The summed E-state index contributed by atoms with van der Waals surface area (Å²) in [6.07, 6.45) is 2.00. The van der Waals surface area contributed by atoms with Crippen molar-refractivity contribution >= 4 is 23.2 Å². The predicted molar refractivity (Wildman–Crippen MR) is 107 cm³/mol. The summed E-state index contributed by atoms with van der Waals surface area (Å²) in [5.74, 6) is -0.361. The number of carbonyl (C=O) groups excluding carboxylic acids is 2. The number of amides is 2. The number of carbonyl (C=O) groups is 2. The van der Waals surface area contributed by atoms with Crippen LogP contribution in [-0.2, 0) is 16.0 Å². The van der Waals surface area contributed by atoms with Crippen LogP contribution in [0.25, 0.3) is 0 Å². The minimum atomic E-state index is -0.618. The fourth-order valence-electron chi connectivity index (χ4n) is 3.35. The second-order valence-corrected chi connectivity index (χ2v) is 8.45. The zero-order valence-corrected chi connectivity index (χ0v) is 16.6. The molecule has 1 aliphatic rings. The first-order valence-electron chi connectivity index (χ1n) is 9.25. The van der Waals surface area contributed by atoms with Gasteiger partial charge in [0.15, 0.2) is 0 Å². The summed E-state index contributed by atoms with van der Waals surface area (Å²) in [6.45, 7) is 4.69. The van der Waals surface area contributed by atoms with Crippen LogP contribution in [0.1, 0.15) is 41.9 Å². The molecule has 1 aliphatic heterocycles. The maximum Gasteiger partial charge on any atom is 0.262 e. The van der Waals surface area contributed by atoms with Crippen LogP contribution in [0.4, 0.5) is 0 Å². The van der Waals surface area contributed by atoms with Crippen LogP contribution in [0.15, 0.2) is 47.8 Å². The van der Waals surface area contributed by atoms with Gasteiger partial charge in [-0.05, 0) is 43.7 Å². The normalized spacial score (nSPS) is 19.9. The van der Waals surface area contributed by atoms with Crippen molar-refractivity contribution in [3.8, 4) is 0 Å². The lowest BCUT2D eigenvalue weighted by Crippen LogP contribution is -2.53. The third-order valence-corrected chi connectivity index (χ3v) is 5.56. The highest BCUT2D eigenvalue weighted by Gasteiger charge is 2.31. The van der Waals surface area contributed by atoms with Gasteiger partial charge in [-0.1, -0.05) is 36.4 Å². The van der Waals surface area contributed by atoms with Gasteiger partial charge in [0.25, 0.3) is 5.91 Å². The van der Waals surface area contributed by atoms with E-state index in [0.717, 1.165) is 18.4 Å². The monoisotopic (exact) mass is 386 g/mol. The van der Waals surface area contributed by atoms with Crippen molar-refractivity contribution in [2.45, 2.75) is 50.8 Å². The topological polar surface area (TPSA) is 67.4 Å². The molecule has 2 atom stereocenters. The van der Waals surface area contributed by atoms with E-state index in [0.29, 0.717) is 17.9 Å². The smallest absolute Gasteiger partial charge is 0.262 e. The first-order valence-corrected chi connectivity index (χ1v) is 10.1. The Bertz CT molecular complexity index is 759. The van der Waals surface area contributed by atoms with Crippen LogP contribution in [0.5, 0.6) is 0 Å². The first-order chi connectivity index (χ1) is 12.9. The molecule has 3 rings (SSSR count). The van der Waals surface area contributed by atoms with Gasteiger partial charge in [-0.3, -0.25) is 9.59 Å². The summed E-state index contributed by atoms with van der Waals surface area (Å²) in [7, 11) is 0. The Labute approximate surface area is 164 Å². The van der Waals surface area contributed by atoms with Gasteiger partial charge in [-0.25, -0.2) is 0 Å². The third kappa shape index (κ3) is 5.65. The fraction of sp³-hybridized carbons (Fsp3) is 0.429. The average molecular weight is 387 g/mol. The molecule has 2 amide bonds. The average Bonchev–Trinajstić information content (AvgIpc) is 3.16. The first kappa shape index (κ1) is 19.6. The van der Waals surface area contributed by atoms with Gasteiger partial charge in [0, 0.05) is 19.1 Å². The molecular formula is C21H26N2O3S. The SMILES string of the molecule is CC1(C)CC(NC(=O)C(Cc2ccccc2)NC(=O)c2cccs2)CCO1. The third-order valence-electron chi connectivity index (χ3n) is 4.69. The minimum Gasteiger partial charge on any atom is -0.375 e. The van der Waals surface area contributed by atoms with Gasteiger partial charge in [0.1, 0.15) is 6.04 Å². The van der Waals surface area contributed by atoms with Crippen molar-refractivity contribution in [1.29, 1.82) is 0 Å². The zero-order chi connectivity index (χ0) is 19.3. The highest BCUT2D eigenvalue weighted by molar-refractivity contribution is 7.12. The van der Waals surface area contributed by atoms with E-state index in [1.54, 1.807) is 6.07 Å². The van der Waals surface area contributed by atoms with Crippen molar-refractivity contribution in [3.63, 3.8) is 0 Å². The Hall–Kier alpha value is -2.18. The van der Waals surface area contributed by atoms with E-state index in [1.807, 2.05) is 55.6 Å². The minimum absolute atomic E-state index is 0.0539. The molecule has 0 radical (unpaired) electrons. The van der Waals surface area contributed by atoms with Gasteiger partial charge >= 0.3 is 0 Å². The van der Waals surface area contributed by atoms with Crippen LogP contribution in [0, 0.1) is 0 Å². The van der Waals surface area contributed by atoms with E-state index >= 15 is 0 Å². The Kier molecular flexibility index (Phi) is 6.29. The fourth-order valence-corrected chi connectivity index (χ4v) is 3.98. The van der Waals surface area contributed by atoms with Crippen molar-refractivity contribution < 1.29 is 14.3 Å². The van der Waals surface area contributed by atoms with Gasteiger partial charge in [0.05, 0.1) is 10.5 Å². The molecule has 5 nitrogen and oxygen atoms in total. The Morgan fingerprint density at radius 2 is 2.00 bits per heavy atom. The van der Waals surface area contributed by atoms with E-state index in [1.165, 1.54) is 11.3 Å². The molecule has 2 heterocycles. The van der Waals surface area contributed by atoms with Crippen LogP contribution in [0.3, 0.4) is 0 Å². The van der Waals surface area contributed by atoms with Crippen LogP contribution in [0.2, 0.25) is 0 Å². The van der Waals surface area contributed by atoms with Crippen molar-refractivity contribution in [2.75, 3.05) is 6.61 Å². The van der Waals surface area contributed by atoms with Crippen molar-refractivity contribution in [3.05, 3.63) is 58.3 Å². The lowest BCUT2D eigenvalue weighted by molar-refractivity contribution is -0.126. The molecule has 2 N–H and O–H groups in total. The van der Waals surface area contributed by atoms with Crippen LogP contribution >= 0.6 is 11.3 Å². The number of thiophene rings is 1. The maximum absolute atomic E-state index is 13.0. The molecule has 1 fully saturated rings. The van der Waals surface area contributed by atoms with E-state index in [9.17, 15) is 9.59 Å². The summed E-state index contributed by atoms with van der Waals surface area (Å²) < 4.78 is 5.73. The number of benzene rings is 1. The summed E-state index contributed by atoms with van der Waals surface area (Å²) in [5, 5.41) is 7.87. The Balaban J connectivity index is 1.70. The number of nitrogens with one attached hydrogen (secondary N) is 2. The number of rotatable bonds is 6. The second kappa shape index (κ2) is 8.67.